The highest BCUT2D eigenvalue weighted by Gasteiger charge is 2.17. The second kappa shape index (κ2) is 9.11. The molecule has 4 aromatic rings. The predicted molar refractivity (Wildman–Crippen MR) is 119 cm³/mol. The lowest BCUT2D eigenvalue weighted by molar-refractivity contribution is -0.384. The number of nitro groups is 1. The van der Waals surface area contributed by atoms with Crippen LogP contribution in [0.2, 0.25) is 5.02 Å². The topological polar surface area (TPSA) is 73.8 Å². The summed E-state index contributed by atoms with van der Waals surface area (Å²) >= 11 is 7.94. The molecule has 0 aliphatic carbocycles. The van der Waals surface area contributed by atoms with Gasteiger partial charge in [-0.05, 0) is 23.3 Å². The summed E-state index contributed by atoms with van der Waals surface area (Å²) in [5, 5.41) is 21.0. The number of benzene rings is 3. The highest BCUT2D eigenvalue weighted by atomic mass is 35.5. The molecule has 30 heavy (non-hydrogen) atoms. The van der Waals surface area contributed by atoms with Crippen LogP contribution in [0.1, 0.15) is 11.1 Å². The first-order valence-corrected chi connectivity index (χ1v) is 10.6. The van der Waals surface area contributed by atoms with Crippen LogP contribution >= 0.6 is 23.4 Å². The molecule has 0 spiro atoms. The van der Waals surface area contributed by atoms with Crippen molar-refractivity contribution in [3.8, 4) is 11.4 Å². The van der Waals surface area contributed by atoms with E-state index in [1.165, 1.54) is 23.9 Å². The third-order valence-corrected chi connectivity index (χ3v) is 5.90. The fourth-order valence-corrected chi connectivity index (χ4v) is 4.12. The maximum Gasteiger partial charge on any atom is 0.269 e. The Kier molecular flexibility index (Phi) is 6.11. The number of rotatable bonds is 7. The molecule has 0 amide bonds. The van der Waals surface area contributed by atoms with Crippen molar-refractivity contribution in [1.29, 1.82) is 0 Å². The fraction of sp³-hybridized carbons (Fsp3) is 0.0909. The van der Waals surface area contributed by atoms with Crippen LogP contribution in [-0.2, 0) is 12.3 Å². The second-order valence-electron chi connectivity index (χ2n) is 6.57. The van der Waals surface area contributed by atoms with Gasteiger partial charge in [0.25, 0.3) is 5.69 Å². The number of hydrogen-bond acceptors (Lipinski definition) is 5. The van der Waals surface area contributed by atoms with Gasteiger partial charge in [-0.25, -0.2) is 0 Å². The molecule has 0 fully saturated rings. The SMILES string of the molecule is O=[N+]([O-])c1ccc(CSc2nnc(-c3ccccc3Cl)n2Cc2ccccc2)cc1. The van der Waals surface area contributed by atoms with Crippen molar-refractivity contribution in [1.82, 2.24) is 14.8 Å². The number of nitro benzene ring substituents is 1. The largest absolute Gasteiger partial charge is 0.297 e. The smallest absolute Gasteiger partial charge is 0.269 e. The van der Waals surface area contributed by atoms with Crippen LogP contribution in [0.3, 0.4) is 0 Å². The quantitative estimate of drug-likeness (QED) is 0.206. The zero-order valence-electron chi connectivity index (χ0n) is 15.8. The van der Waals surface area contributed by atoms with E-state index in [0.29, 0.717) is 23.1 Å². The molecule has 6 nitrogen and oxygen atoms in total. The average molecular weight is 437 g/mol. The average Bonchev–Trinajstić information content (AvgIpc) is 3.15. The molecule has 0 N–H and O–H groups in total. The van der Waals surface area contributed by atoms with Gasteiger partial charge in [-0.1, -0.05) is 78.0 Å². The van der Waals surface area contributed by atoms with E-state index in [1.54, 1.807) is 12.1 Å². The van der Waals surface area contributed by atoms with Gasteiger partial charge < -0.3 is 0 Å². The Bertz CT molecular complexity index is 1160. The maximum absolute atomic E-state index is 10.8. The van der Waals surface area contributed by atoms with Crippen molar-refractivity contribution in [2.75, 3.05) is 0 Å². The molecule has 150 valence electrons. The van der Waals surface area contributed by atoms with Gasteiger partial charge in [0.2, 0.25) is 0 Å². The first kappa shape index (κ1) is 20.1. The van der Waals surface area contributed by atoms with Gasteiger partial charge in [-0.2, -0.15) is 0 Å². The minimum Gasteiger partial charge on any atom is -0.297 e. The Hall–Kier alpha value is -3.16. The third kappa shape index (κ3) is 4.53. The Labute approximate surface area is 182 Å². The minimum absolute atomic E-state index is 0.0806. The van der Waals surface area contributed by atoms with Crippen molar-refractivity contribution in [3.63, 3.8) is 0 Å². The Morgan fingerprint density at radius 3 is 2.30 bits per heavy atom. The van der Waals surface area contributed by atoms with E-state index < -0.39 is 4.92 Å². The summed E-state index contributed by atoms with van der Waals surface area (Å²) in [5.41, 5.74) is 3.00. The highest BCUT2D eigenvalue weighted by Crippen LogP contribution is 2.31. The summed E-state index contributed by atoms with van der Waals surface area (Å²) in [6.07, 6.45) is 0. The van der Waals surface area contributed by atoms with Crippen molar-refractivity contribution < 1.29 is 4.92 Å². The molecule has 4 rings (SSSR count). The zero-order chi connectivity index (χ0) is 20.9. The Morgan fingerprint density at radius 2 is 1.60 bits per heavy atom. The number of hydrogen-bond donors (Lipinski definition) is 0. The van der Waals surface area contributed by atoms with Gasteiger partial charge in [-0.15, -0.1) is 10.2 Å². The van der Waals surface area contributed by atoms with E-state index >= 15 is 0 Å². The molecule has 0 aliphatic rings. The first-order valence-electron chi connectivity index (χ1n) is 9.20. The minimum atomic E-state index is -0.400. The van der Waals surface area contributed by atoms with E-state index in [-0.39, 0.29) is 5.69 Å². The highest BCUT2D eigenvalue weighted by molar-refractivity contribution is 7.98. The van der Waals surface area contributed by atoms with Crippen LogP contribution in [0.25, 0.3) is 11.4 Å². The zero-order valence-corrected chi connectivity index (χ0v) is 17.4. The summed E-state index contributed by atoms with van der Waals surface area (Å²) in [6, 6.07) is 24.2. The molecule has 0 radical (unpaired) electrons. The van der Waals surface area contributed by atoms with Crippen LogP contribution < -0.4 is 0 Å². The van der Waals surface area contributed by atoms with E-state index in [0.717, 1.165) is 21.8 Å². The molecular weight excluding hydrogens is 420 g/mol. The lowest BCUT2D eigenvalue weighted by Gasteiger charge is -2.11. The van der Waals surface area contributed by atoms with Gasteiger partial charge in [0.05, 0.1) is 16.5 Å². The molecule has 3 aromatic carbocycles. The number of thioether (sulfide) groups is 1. The molecule has 0 atom stereocenters. The van der Waals surface area contributed by atoms with Crippen LogP contribution in [0.15, 0.2) is 84.0 Å². The summed E-state index contributed by atoms with van der Waals surface area (Å²) < 4.78 is 2.05. The van der Waals surface area contributed by atoms with Gasteiger partial charge in [0, 0.05) is 23.4 Å². The van der Waals surface area contributed by atoms with Crippen LogP contribution in [0.5, 0.6) is 0 Å². The first-order chi connectivity index (χ1) is 14.6. The maximum atomic E-state index is 10.8. The van der Waals surface area contributed by atoms with Crippen molar-refractivity contribution in [2.45, 2.75) is 17.5 Å². The molecule has 0 bridgehead atoms. The molecule has 0 saturated heterocycles. The fourth-order valence-electron chi connectivity index (χ4n) is 3.01. The van der Waals surface area contributed by atoms with E-state index in [1.807, 2.05) is 47.0 Å². The van der Waals surface area contributed by atoms with Crippen LogP contribution in [-0.4, -0.2) is 19.7 Å². The van der Waals surface area contributed by atoms with E-state index in [4.69, 9.17) is 11.6 Å². The summed E-state index contributed by atoms with van der Waals surface area (Å²) in [4.78, 5) is 10.4. The molecule has 1 heterocycles. The molecule has 8 heteroatoms. The van der Waals surface area contributed by atoms with Gasteiger partial charge in [0.15, 0.2) is 11.0 Å². The number of aromatic nitrogens is 3. The van der Waals surface area contributed by atoms with Crippen molar-refractivity contribution in [3.05, 3.63) is 105 Å². The molecule has 0 aliphatic heterocycles. The van der Waals surface area contributed by atoms with Gasteiger partial charge in [0.1, 0.15) is 0 Å². The lowest BCUT2D eigenvalue weighted by atomic mass is 10.2. The Morgan fingerprint density at radius 1 is 0.900 bits per heavy atom. The standard InChI is InChI=1S/C22H17ClN4O2S/c23-20-9-5-4-8-19(20)21-24-25-22(26(21)14-16-6-2-1-3-7-16)30-15-17-10-12-18(13-11-17)27(28)29/h1-13H,14-15H2. The van der Waals surface area contributed by atoms with Crippen molar-refractivity contribution in [2.24, 2.45) is 0 Å². The van der Waals surface area contributed by atoms with Crippen LogP contribution in [0, 0.1) is 10.1 Å². The normalized spacial score (nSPS) is 10.8. The molecule has 0 saturated carbocycles. The summed E-state index contributed by atoms with van der Waals surface area (Å²) in [6.45, 7) is 0.608. The molecule has 0 unspecified atom stereocenters. The predicted octanol–water partition coefficient (Wildman–Crippen LogP) is 5.85. The number of halogens is 1. The van der Waals surface area contributed by atoms with Gasteiger partial charge in [-0.3, -0.25) is 14.7 Å². The number of non-ortho nitro benzene ring substituents is 1. The van der Waals surface area contributed by atoms with Crippen molar-refractivity contribution >= 4 is 29.1 Å². The number of nitrogens with zero attached hydrogens (tertiary/aromatic N) is 4. The van der Waals surface area contributed by atoms with E-state index in [2.05, 4.69) is 22.3 Å². The Balaban J connectivity index is 1.63. The van der Waals surface area contributed by atoms with Crippen LogP contribution in [0.4, 0.5) is 5.69 Å². The van der Waals surface area contributed by atoms with E-state index in [9.17, 15) is 10.1 Å². The molecular formula is C22H17ClN4O2S. The summed E-state index contributed by atoms with van der Waals surface area (Å²) in [7, 11) is 0. The summed E-state index contributed by atoms with van der Waals surface area (Å²) in [5.74, 6) is 1.32. The van der Waals surface area contributed by atoms with Gasteiger partial charge >= 0.3 is 0 Å². The molecule has 1 aromatic heterocycles. The lowest BCUT2D eigenvalue weighted by Crippen LogP contribution is -2.04. The third-order valence-electron chi connectivity index (χ3n) is 4.53. The monoisotopic (exact) mass is 436 g/mol. The second-order valence-corrected chi connectivity index (χ2v) is 7.92.